The van der Waals surface area contributed by atoms with Crippen LogP contribution >= 0.6 is 15.9 Å². The van der Waals surface area contributed by atoms with E-state index in [1.165, 1.54) is 17.2 Å². The Morgan fingerprint density at radius 1 is 1.11 bits per heavy atom. The molecule has 0 atom stereocenters. The van der Waals surface area contributed by atoms with Gasteiger partial charge in [-0.15, -0.1) is 0 Å². The Bertz CT molecular complexity index is 572. The lowest BCUT2D eigenvalue weighted by molar-refractivity contribution is 0.532. The second-order valence-corrected chi connectivity index (χ2v) is 5.86. The molecule has 0 unspecified atom stereocenters. The molecule has 3 heteroatoms. The molecule has 0 fully saturated rings. The van der Waals surface area contributed by atoms with Crippen LogP contribution in [0.2, 0.25) is 0 Å². The van der Waals surface area contributed by atoms with Gasteiger partial charge in [-0.2, -0.15) is 0 Å². The molecule has 0 aromatic heterocycles. The van der Waals surface area contributed by atoms with E-state index >= 15 is 0 Å². The van der Waals surface area contributed by atoms with Crippen molar-refractivity contribution in [3.8, 4) is 0 Å². The van der Waals surface area contributed by atoms with Crippen LogP contribution in [0.1, 0.15) is 16.7 Å². The van der Waals surface area contributed by atoms with Gasteiger partial charge in [-0.05, 0) is 57.6 Å². The summed E-state index contributed by atoms with van der Waals surface area (Å²) in [7, 11) is 0. The zero-order valence-corrected chi connectivity index (χ0v) is 12.1. The summed E-state index contributed by atoms with van der Waals surface area (Å²) in [5.41, 5.74) is 3.99. The van der Waals surface area contributed by atoms with Crippen LogP contribution in [0.5, 0.6) is 0 Å². The van der Waals surface area contributed by atoms with Crippen molar-refractivity contribution in [3.05, 3.63) is 69.4 Å². The Hall–Kier alpha value is -1.19. The topological polar surface area (TPSA) is 12.0 Å². The molecular formula is C16H15BrFN. The van der Waals surface area contributed by atoms with E-state index in [1.807, 2.05) is 12.1 Å². The van der Waals surface area contributed by atoms with Gasteiger partial charge in [0.15, 0.2) is 0 Å². The molecule has 0 radical (unpaired) electrons. The number of hydrogen-bond acceptors (Lipinski definition) is 1. The van der Waals surface area contributed by atoms with E-state index in [0.717, 1.165) is 24.9 Å². The molecule has 1 nitrogen and oxygen atoms in total. The highest BCUT2D eigenvalue weighted by Gasteiger charge is 2.20. The first kappa shape index (κ1) is 12.8. The summed E-state index contributed by atoms with van der Waals surface area (Å²) in [5.74, 6) is -0.211. The molecule has 19 heavy (non-hydrogen) atoms. The van der Waals surface area contributed by atoms with Crippen molar-refractivity contribution < 1.29 is 4.39 Å². The molecule has 0 heterocycles. The minimum atomic E-state index is -0.211. The molecule has 0 aliphatic heterocycles. The lowest BCUT2D eigenvalue weighted by atomic mass is 10.1. The SMILES string of the molecule is Fc1ccc(CNC2Cc3ccccc3C2)cc1Br. The standard InChI is InChI=1S/C16H15BrFN/c17-15-7-11(5-6-16(15)18)10-19-14-8-12-3-1-2-4-13(12)9-14/h1-7,14,19H,8-10H2. The van der Waals surface area contributed by atoms with Crippen LogP contribution in [0.4, 0.5) is 4.39 Å². The number of benzene rings is 2. The monoisotopic (exact) mass is 319 g/mol. The molecule has 1 aliphatic rings. The lowest BCUT2D eigenvalue weighted by Gasteiger charge is -2.12. The molecule has 0 saturated heterocycles. The number of fused-ring (bicyclic) bond motifs is 1. The molecule has 3 rings (SSSR count). The first-order valence-corrected chi connectivity index (χ1v) is 7.26. The minimum absolute atomic E-state index is 0.211. The second kappa shape index (κ2) is 5.43. The molecular weight excluding hydrogens is 305 g/mol. The molecule has 1 aliphatic carbocycles. The summed E-state index contributed by atoms with van der Waals surface area (Å²) in [6.07, 6.45) is 2.16. The van der Waals surface area contributed by atoms with Crippen LogP contribution in [-0.4, -0.2) is 6.04 Å². The summed E-state index contributed by atoms with van der Waals surface area (Å²) >= 11 is 3.22. The number of rotatable bonds is 3. The molecule has 0 spiro atoms. The number of hydrogen-bond donors (Lipinski definition) is 1. The smallest absolute Gasteiger partial charge is 0.137 e. The Balaban J connectivity index is 1.61. The fourth-order valence-corrected chi connectivity index (χ4v) is 3.04. The average Bonchev–Trinajstić information content (AvgIpc) is 2.83. The highest BCUT2D eigenvalue weighted by Crippen LogP contribution is 2.22. The Labute approximate surface area is 121 Å². The van der Waals surface area contributed by atoms with Crippen LogP contribution in [0, 0.1) is 5.82 Å². The van der Waals surface area contributed by atoms with Gasteiger partial charge < -0.3 is 5.32 Å². The maximum Gasteiger partial charge on any atom is 0.137 e. The van der Waals surface area contributed by atoms with Crippen LogP contribution in [0.15, 0.2) is 46.9 Å². The van der Waals surface area contributed by atoms with Crippen LogP contribution < -0.4 is 5.32 Å². The maximum atomic E-state index is 13.2. The maximum absolute atomic E-state index is 13.2. The zero-order valence-electron chi connectivity index (χ0n) is 10.5. The summed E-state index contributed by atoms with van der Waals surface area (Å²) in [5, 5.41) is 3.55. The Morgan fingerprint density at radius 2 is 1.79 bits per heavy atom. The molecule has 0 bridgehead atoms. The van der Waals surface area contributed by atoms with Gasteiger partial charge in [-0.1, -0.05) is 30.3 Å². The van der Waals surface area contributed by atoms with E-state index in [1.54, 1.807) is 0 Å². The van der Waals surface area contributed by atoms with Crippen molar-refractivity contribution >= 4 is 15.9 Å². The van der Waals surface area contributed by atoms with Gasteiger partial charge in [0.1, 0.15) is 5.82 Å². The number of halogens is 2. The normalized spacial score (nSPS) is 14.6. The van der Waals surface area contributed by atoms with Crippen molar-refractivity contribution in [1.82, 2.24) is 5.32 Å². The van der Waals surface area contributed by atoms with Crippen LogP contribution in [-0.2, 0) is 19.4 Å². The predicted octanol–water partition coefficient (Wildman–Crippen LogP) is 3.85. The van der Waals surface area contributed by atoms with Gasteiger partial charge in [0.25, 0.3) is 0 Å². The minimum Gasteiger partial charge on any atom is -0.309 e. The lowest BCUT2D eigenvalue weighted by Crippen LogP contribution is -2.28. The highest BCUT2D eigenvalue weighted by atomic mass is 79.9. The third-order valence-corrected chi connectivity index (χ3v) is 4.24. The van der Waals surface area contributed by atoms with Crippen molar-refractivity contribution in [3.63, 3.8) is 0 Å². The number of nitrogens with one attached hydrogen (secondary N) is 1. The molecule has 1 N–H and O–H groups in total. The third-order valence-electron chi connectivity index (χ3n) is 3.63. The Kier molecular flexibility index (Phi) is 3.67. The predicted molar refractivity (Wildman–Crippen MR) is 78.6 cm³/mol. The molecule has 98 valence electrons. The van der Waals surface area contributed by atoms with E-state index in [-0.39, 0.29) is 5.82 Å². The van der Waals surface area contributed by atoms with Crippen molar-refractivity contribution in [2.45, 2.75) is 25.4 Å². The summed E-state index contributed by atoms with van der Waals surface area (Å²) in [4.78, 5) is 0. The zero-order chi connectivity index (χ0) is 13.2. The Morgan fingerprint density at radius 3 is 2.42 bits per heavy atom. The van der Waals surface area contributed by atoms with Crippen LogP contribution in [0.25, 0.3) is 0 Å². The third kappa shape index (κ3) is 2.88. The summed E-state index contributed by atoms with van der Waals surface area (Å²) < 4.78 is 13.7. The summed E-state index contributed by atoms with van der Waals surface area (Å²) in [6, 6.07) is 14.2. The fraction of sp³-hybridized carbons (Fsp3) is 0.250. The summed E-state index contributed by atoms with van der Waals surface area (Å²) in [6.45, 7) is 0.775. The van der Waals surface area contributed by atoms with Gasteiger partial charge in [-0.3, -0.25) is 0 Å². The van der Waals surface area contributed by atoms with E-state index in [4.69, 9.17) is 0 Å². The largest absolute Gasteiger partial charge is 0.309 e. The van der Waals surface area contributed by atoms with Crippen molar-refractivity contribution in [2.75, 3.05) is 0 Å². The molecule has 2 aromatic carbocycles. The van der Waals surface area contributed by atoms with Crippen LogP contribution in [0.3, 0.4) is 0 Å². The highest BCUT2D eigenvalue weighted by molar-refractivity contribution is 9.10. The molecule has 2 aromatic rings. The van der Waals surface area contributed by atoms with E-state index in [0.29, 0.717) is 10.5 Å². The van der Waals surface area contributed by atoms with E-state index in [2.05, 4.69) is 45.5 Å². The van der Waals surface area contributed by atoms with Gasteiger partial charge in [0, 0.05) is 12.6 Å². The van der Waals surface area contributed by atoms with Gasteiger partial charge in [-0.25, -0.2) is 4.39 Å². The van der Waals surface area contributed by atoms with Gasteiger partial charge in [0.2, 0.25) is 0 Å². The molecule has 0 saturated carbocycles. The van der Waals surface area contributed by atoms with E-state index < -0.39 is 0 Å². The van der Waals surface area contributed by atoms with Gasteiger partial charge >= 0.3 is 0 Å². The first-order chi connectivity index (χ1) is 9.22. The van der Waals surface area contributed by atoms with E-state index in [9.17, 15) is 4.39 Å². The average molecular weight is 320 g/mol. The second-order valence-electron chi connectivity index (χ2n) is 5.00. The quantitative estimate of drug-likeness (QED) is 0.906. The van der Waals surface area contributed by atoms with Gasteiger partial charge in [0.05, 0.1) is 4.47 Å². The first-order valence-electron chi connectivity index (χ1n) is 6.46. The fourth-order valence-electron chi connectivity index (χ4n) is 2.61. The van der Waals surface area contributed by atoms with Crippen molar-refractivity contribution in [1.29, 1.82) is 0 Å². The molecule has 0 amide bonds. The van der Waals surface area contributed by atoms with Crippen molar-refractivity contribution in [2.24, 2.45) is 0 Å².